The zero-order chi connectivity index (χ0) is 48.0. The first-order chi connectivity index (χ1) is 34.9. The lowest BCUT2D eigenvalue weighted by molar-refractivity contribution is 1.28. The molecule has 0 saturated carbocycles. The highest BCUT2D eigenvalue weighted by Crippen LogP contribution is 2.42. The molecule has 0 aliphatic carbocycles. The molecule has 314 valence electrons. The van der Waals surface area contributed by atoms with Crippen LogP contribution in [0.15, 0.2) is 273 Å². The van der Waals surface area contributed by atoms with Crippen molar-refractivity contribution in [3.05, 3.63) is 273 Å². The van der Waals surface area contributed by atoms with Crippen LogP contribution < -0.4 is 4.90 Å². The van der Waals surface area contributed by atoms with Gasteiger partial charge in [-0.3, -0.25) is 0 Å². The molecule has 0 N–H and O–H groups in total. The molecule has 0 bridgehead atoms. The van der Waals surface area contributed by atoms with Crippen LogP contribution >= 0.6 is 0 Å². The summed E-state index contributed by atoms with van der Waals surface area (Å²) in [5.74, 6) is 0. The lowest BCUT2D eigenvalue weighted by atomic mass is 9.89. The molecule has 0 atom stereocenters. The molecule has 0 aromatic heterocycles. The molecule has 0 unspecified atom stereocenters. The summed E-state index contributed by atoms with van der Waals surface area (Å²) in [6.07, 6.45) is 0. The number of nitrogens with zero attached hydrogens (tertiary/aromatic N) is 1. The van der Waals surface area contributed by atoms with Gasteiger partial charge in [-0.1, -0.05) is 224 Å². The molecule has 0 aliphatic heterocycles. The van der Waals surface area contributed by atoms with Gasteiger partial charge in [0.2, 0.25) is 0 Å². The Morgan fingerprint density at radius 2 is 0.716 bits per heavy atom. The van der Waals surface area contributed by atoms with Gasteiger partial charge < -0.3 is 4.90 Å². The molecule has 0 radical (unpaired) electrons. The van der Waals surface area contributed by atoms with Gasteiger partial charge in [0.05, 0.1) is 5.48 Å². The molecule has 0 saturated heterocycles. The molecule has 0 heterocycles. The van der Waals surface area contributed by atoms with E-state index in [0.717, 1.165) is 66.2 Å². The van der Waals surface area contributed by atoms with Crippen LogP contribution in [0.3, 0.4) is 0 Å². The topological polar surface area (TPSA) is 3.24 Å². The molecule has 12 aromatic rings. The smallest absolute Gasteiger partial charge is 0.0645 e. The average molecular weight is 856 g/mol. The zero-order valence-electron chi connectivity index (χ0n) is 40.6. The maximum atomic E-state index is 9.70. The Hall–Kier alpha value is -8.78. The number of rotatable bonds is 9. The lowest BCUT2D eigenvalue weighted by Crippen LogP contribution is -2.09. The number of fused-ring (bicyclic) bond motifs is 3. The van der Waals surface area contributed by atoms with Crippen LogP contribution in [-0.2, 0) is 0 Å². The maximum absolute atomic E-state index is 9.70. The van der Waals surface area contributed by atoms with Crippen molar-refractivity contribution >= 4 is 49.4 Å². The van der Waals surface area contributed by atoms with E-state index in [1.807, 2.05) is 71.6 Å². The molecule has 0 aliphatic rings. The van der Waals surface area contributed by atoms with E-state index in [1.165, 1.54) is 21.7 Å². The summed E-state index contributed by atoms with van der Waals surface area (Å²) in [6.45, 7) is 0. The third-order valence-electron chi connectivity index (χ3n) is 12.9. The van der Waals surface area contributed by atoms with Crippen molar-refractivity contribution in [2.24, 2.45) is 0 Å². The first kappa shape index (κ1) is 35.6. The molecule has 0 amide bonds. The molecule has 1 nitrogen and oxygen atoms in total. The van der Waals surface area contributed by atoms with E-state index in [0.29, 0.717) is 16.9 Å². The molecule has 0 fully saturated rings. The second-order valence-electron chi connectivity index (χ2n) is 17.0. The zero-order valence-corrected chi connectivity index (χ0v) is 36.6. The van der Waals surface area contributed by atoms with Gasteiger partial charge in [-0.2, -0.15) is 0 Å². The van der Waals surface area contributed by atoms with Crippen molar-refractivity contribution in [3.8, 4) is 66.8 Å². The minimum atomic E-state index is -0.129. The highest BCUT2D eigenvalue weighted by molar-refractivity contribution is 6.04. The average Bonchev–Trinajstić information content (AvgIpc) is 3.43. The second kappa shape index (κ2) is 17.3. The minimum absolute atomic E-state index is 0.105. The third-order valence-corrected chi connectivity index (χ3v) is 12.9. The Labute approximate surface area is 397 Å². The normalized spacial score (nSPS) is 12.1. The largest absolute Gasteiger partial charge is 0.311 e. The number of anilines is 3. The van der Waals surface area contributed by atoms with E-state index in [2.05, 4.69) is 182 Å². The first-order valence-electron chi connectivity index (χ1n) is 24.7. The standard InChI is InChI=1S/C66H45N/c1-2-13-52(14-3-1)65-43-36-53-16-7-9-22-64(53)66(65)54-34-41-61(42-35-54)67(59-37-30-48(31-38-59)47-24-26-49(27-25-47)57-29-28-46-12-4-5-17-55(46)44-57)60-39-32-50(33-40-60)56-19-10-20-58(45-56)63-23-11-18-51-15-6-8-21-62(51)63/h1-45H/i30D,31D,37D,38D. The highest BCUT2D eigenvalue weighted by atomic mass is 15.1. The van der Waals surface area contributed by atoms with Crippen LogP contribution in [0.5, 0.6) is 0 Å². The third kappa shape index (κ3) is 7.73. The predicted molar refractivity (Wildman–Crippen MR) is 286 cm³/mol. The Morgan fingerprint density at radius 3 is 1.43 bits per heavy atom. The van der Waals surface area contributed by atoms with Crippen LogP contribution in [-0.4, -0.2) is 0 Å². The summed E-state index contributed by atoms with van der Waals surface area (Å²) in [6, 6.07) is 85.1. The van der Waals surface area contributed by atoms with Gasteiger partial charge in [-0.15, -0.1) is 0 Å². The molecule has 1 heteroatoms. The van der Waals surface area contributed by atoms with Crippen molar-refractivity contribution in [3.63, 3.8) is 0 Å². The van der Waals surface area contributed by atoms with Gasteiger partial charge >= 0.3 is 0 Å². The fourth-order valence-electron chi connectivity index (χ4n) is 9.53. The Morgan fingerprint density at radius 1 is 0.239 bits per heavy atom. The van der Waals surface area contributed by atoms with Gasteiger partial charge in [0.15, 0.2) is 0 Å². The second-order valence-corrected chi connectivity index (χ2v) is 17.0. The van der Waals surface area contributed by atoms with Crippen LogP contribution in [0.25, 0.3) is 99.1 Å². The van der Waals surface area contributed by atoms with E-state index in [1.54, 1.807) is 0 Å². The van der Waals surface area contributed by atoms with E-state index in [4.69, 9.17) is 0 Å². The van der Waals surface area contributed by atoms with Crippen LogP contribution in [0.4, 0.5) is 17.1 Å². The molecule has 12 rings (SSSR count). The molecule has 67 heavy (non-hydrogen) atoms. The molecular formula is C66H45N. The van der Waals surface area contributed by atoms with Crippen LogP contribution in [0, 0.1) is 0 Å². The molecule has 0 spiro atoms. The Balaban J connectivity index is 0.965. The summed E-state index contributed by atoms with van der Waals surface area (Å²) < 4.78 is 38.5. The molecule has 12 aromatic carbocycles. The van der Waals surface area contributed by atoms with E-state index in [-0.39, 0.29) is 35.4 Å². The quantitative estimate of drug-likeness (QED) is 0.140. The fourth-order valence-corrected chi connectivity index (χ4v) is 9.53. The lowest BCUT2D eigenvalue weighted by Gasteiger charge is -2.26. The van der Waals surface area contributed by atoms with E-state index < -0.39 is 0 Å². The Bertz CT molecular complexity index is 3920. The first-order valence-corrected chi connectivity index (χ1v) is 22.7. The number of hydrogen-bond acceptors (Lipinski definition) is 1. The summed E-state index contributed by atoms with van der Waals surface area (Å²) in [5.41, 5.74) is 13.3. The van der Waals surface area contributed by atoms with Gasteiger partial charge in [0.1, 0.15) is 0 Å². The summed E-state index contributed by atoms with van der Waals surface area (Å²) in [5, 5.41) is 6.99. The van der Waals surface area contributed by atoms with Crippen molar-refractivity contribution in [2.75, 3.05) is 4.90 Å². The van der Waals surface area contributed by atoms with Gasteiger partial charge in [-0.25, -0.2) is 0 Å². The maximum Gasteiger partial charge on any atom is 0.0645 e. The SMILES string of the molecule is [2H]c1c([2H])c(N(c2ccc(-c3cccc(-c4cccc5ccccc45)c3)cc2)c2ccc(-c3c(-c4ccccc4)ccc4ccccc34)cc2)c([2H])c([2H])c1-c1ccc(-c2ccc3ccccc3c2)cc1. The fraction of sp³-hybridized carbons (Fsp3) is 0. The van der Waals surface area contributed by atoms with Gasteiger partial charge in [0.25, 0.3) is 0 Å². The van der Waals surface area contributed by atoms with Crippen molar-refractivity contribution < 1.29 is 5.48 Å². The van der Waals surface area contributed by atoms with E-state index >= 15 is 0 Å². The van der Waals surface area contributed by atoms with Crippen molar-refractivity contribution in [1.82, 2.24) is 0 Å². The van der Waals surface area contributed by atoms with E-state index in [9.17, 15) is 5.48 Å². The van der Waals surface area contributed by atoms with Crippen LogP contribution in [0.2, 0.25) is 0 Å². The number of hydrogen-bond donors (Lipinski definition) is 0. The summed E-state index contributed by atoms with van der Waals surface area (Å²) in [4.78, 5) is 1.87. The minimum Gasteiger partial charge on any atom is -0.311 e. The monoisotopic (exact) mass is 855 g/mol. The number of benzene rings is 12. The van der Waals surface area contributed by atoms with Gasteiger partial charge in [-0.05, 0) is 148 Å². The van der Waals surface area contributed by atoms with Crippen molar-refractivity contribution in [2.45, 2.75) is 0 Å². The predicted octanol–water partition coefficient (Wildman–Crippen LogP) is 18.6. The van der Waals surface area contributed by atoms with Crippen LogP contribution in [0.1, 0.15) is 5.48 Å². The summed E-state index contributed by atoms with van der Waals surface area (Å²) in [7, 11) is 0. The summed E-state index contributed by atoms with van der Waals surface area (Å²) >= 11 is 0. The molecular weight excluding hydrogens is 807 g/mol. The van der Waals surface area contributed by atoms with Crippen molar-refractivity contribution in [1.29, 1.82) is 0 Å². The van der Waals surface area contributed by atoms with Gasteiger partial charge in [0, 0.05) is 17.1 Å². The highest BCUT2D eigenvalue weighted by Gasteiger charge is 2.17. The Kier molecular flexibility index (Phi) is 9.19.